The van der Waals surface area contributed by atoms with Crippen LogP contribution in [0.3, 0.4) is 0 Å². The molecule has 1 heterocycles. The number of thiophene rings is 1. The first-order valence-electron chi connectivity index (χ1n) is 4.56. The molecule has 100 valence electrons. The third-order valence-corrected chi connectivity index (χ3v) is 6.45. The molecule has 0 amide bonds. The molecule has 0 bridgehead atoms. The highest BCUT2D eigenvalue weighted by Crippen LogP contribution is 2.36. The van der Waals surface area contributed by atoms with Crippen LogP contribution in [0.4, 0.5) is 0 Å². The summed E-state index contributed by atoms with van der Waals surface area (Å²) >= 11 is 7.54. The number of carboxylic acid groups (broad SMARTS) is 1. The van der Waals surface area contributed by atoms with E-state index < -0.39 is 22.5 Å². The Hall–Kier alpha value is -0.220. The van der Waals surface area contributed by atoms with Crippen molar-refractivity contribution in [2.24, 2.45) is 0 Å². The molecule has 0 saturated heterocycles. The largest absolute Gasteiger partial charge is 0.480 e. The Morgan fingerprint density at radius 1 is 1.56 bits per heavy atom. The van der Waals surface area contributed by atoms with Crippen LogP contribution in [0.5, 0.6) is 0 Å². The van der Waals surface area contributed by atoms with Crippen molar-refractivity contribution in [2.45, 2.75) is 4.90 Å². The molecular weight excluding hydrogens is 410 g/mol. The van der Waals surface area contributed by atoms with E-state index in [-0.39, 0.29) is 11.4 Å². The van der Waals surface area contributed by atoms with E-state index in [4.69, 9.17) is 5.11 Å². The molecule has 1 aromatic rings. The smallest absolute Gasteiger partial charge is 0.318 e. The van der Waals surface area contributed by atoms with Crippen molar-refractivity contribution in [2.75, 3.05) is 13.1 Å². The van der Waals surface area contributed by atoms with Gasteiger partial charge in [-0.2, -0.15) is 4.31 Å². The Kier molecular flexibility index (Phi) is 5.53. The van der Waals surface area contributed by atoms with Crippen LogP contribution in [-0.2, 0) is 14.8 Å². The van der Waals surface area contributed by atoms with Gasteiger partial charge in [0, 0.05) is 6.54 Å². The number of aliphatic carboxylic acids is 1. The van der Waals surface area contributed by atoms with E-state index in [1.54, 1.807) is 0 Å². The summed E-state index contributed by atoms with van der Waals surface area (Å²) in [6.07, 6.45) is 1.34. The number of carboxylic acids is 1. The second-order valence-electron chi connectivity index (χ2n) is 3.17. The molecule has 1 aromatic heterocycles. The normalized spacial score (nSPS) is 11.7. The summed E-state index contributed by atoms with van der Waals surface area (Å²) in [5.41, 5.74) is 0. The molecule has 0 atom stereocenters. The standard InChI is InChI=1S/C9H9Br2NO4S2/c1-2-3-12(5-8(13)14)18(15,16)6-4-7(10)17-9(6)11/h2,4H,1,3,5H2,(H,13,14). The quantitative estimate of drug-likeness (QED) is 0.720. The summed E-state index contributed by atoms with van der Waals surface area (Å²) in [5, 5.41) is 8.74. The second-order valence-corrected chi connectivity index (χ2v) is 8.82. The average molecular weight is 419 g/mol. The Balaban J connectivity index is 3.20. The van der Waals surface area contributed by atoms with Gasteiger partial charge in [-0.25, -0.2) is 8.42 Å². The van der Waals surface area contributed by atoms with Gasteiger partial charge in [-0.15, -0.1) is 17.9 Å². The monoisotopic (exact) mass is 417 g/mol. The summed E-state index contributed by atoms with van der Waals surface area (Å²) in [6, 6.07) is 1.43. The van der Waals surface area contributed by atoms with Crippen LogP contribution in [0.25, 0.3) is 0 Å². The zero-order chi connectivity index (χ0) is 13.9. The van der Waals surface area contributed by atoms with E-state index in [9.17, 15) is 13.2 Å². The van der Waals surface area contributed by atoms with E-state index in [0.29, 0.717) is 7.57 Å². The van der Waals surface area contributed by atoms with Gasteiger partial charge in [0.1, 0.15) is 11.4 Å². The fourth-order valence-electron chi connectivity index (χ4n) is 1.18. The number of carbonyl (C=O) groups is 1. The molecule has 0 aliphatic heterocycles. The molecule has 1 rings (SSSR count). The number of rotatable bonds is 6. The van der Waals surface area contributed by atoms with Crippen LogP contribution in [0.2, 0.25) is 0 Å². The molecule has 0 aromatic carbocycles. The maximum atomic E-state index is 12.3. The molecule has 0 spiro atoms. The summed E-state index contributed by atoms with van der Waals surface area (Å²) in [5.74, 6) is -1.22. The van der Waals surface area contributed by atoms with E-state index in [2.05, 4.69) is 38.4 Å². The molecule has 9 heteroatoms. The first-order valence-corrected chi connectivity index (χ1v) is 8.41. The Bertz CT molecular complexity index is 567. The highest BCUT2D eigenvalue weighted by molar-refractivity contribution is 9.12. The van der Waals surface area contributed by atoms with Crippen molar-refractivity contribution >= 4 is 59.2 Å². The maximum absolute atomic E-state index is 12.3. The van der Waals surface area contributed by atoms with E-state index in [0.717, 1.165) is 4.31 Å². The Morgan fingerprint density at radius 3 is 2.56 bits per heavy atom. The highest BCUT2D eigenvalue weighted by atomic mass is 79.9. The topological polar surface area (TPSA) is 74.7 Å². The van der Waals surface area contributed by atoms with Crippen LogP contribution >= 0.6 is 43.2 Å². The van der Waals surface area contributed by atoms with Gasteiger partial charge >= 0.3 is 5.97 Å². The third-order valence-electron chi connectivity index (χ3n) is 1.89. The van der Waals surface area contributed by atoms with Gasteiger partial charge in [-0.05, 0) is 37.9 Å². The fraction of sp³-hybridized carbons (Fsp3) is 0.222. The number of halogens is 2. The van der Waals surface area contributed by atoms with Crippen molar-refractivity contribution in [3.63, 3.8) is 0 Å². The predicted octanol–water partition coefficient (Wildman–Crippen LogP) is 2.53. The first kappa shape index (κ1) is 15.8. The zero-order valence-electron chi connectivity index (χ0n) is 8.97. The average Bonchev–Trinajstić information content (AvgIpc) is 2.57. The maximum Gasteiger partial charge on any atom is 0.318 e. The molecule has 18 heavy (non-hydrogen) atoms. The lowest BCUT2D eigenvalue weighted by atomic mass is 10.6. The van der Waals surface area contributed by atoms with Crippen LogP contribution in [0.15, 0.2) is 31.2 Å². The summed E-state index contributed by atoms with van der Waals surface area (Å²) in [7, 11) is -3.85. The summed E-state index contributed by atoms with van der Waals surface area (Å²) < 4.78 is 26.4. The van der Waals surface area contributed by atoms with Crippen LogP contribution < -0.4 is 0 Å². The molecule has 0 aliphatic carbocycles. The van der Waals surface area contributed by atoms with Gasteiger partial charge < -0.3 is 5.11 Å². The third kappa shape index (κ3) is 3.64. The van der Waals surface area contributed by atoms with Crippen molar-refractivity contribution in [3.8, 4) is 0 Å². The number of nitrogens with zero attached hydrogens (tertiary/aromatic N) is 1. The van der Waals surface area contributed by atoms with E-state index in [1.165, 1.54) is 23.5 Å². The second kappa shape index (κ2) is 6.29. The van der Waals surface area contributed by atoms with Crippen LogP contribution in [-0.4, -0.2) is 36.9 Å². The van der Waals surface area contributed by atoms with Gasteiger partial charge in [0.05, 0.1) is 7.57 Å². The lowest BCUT2D eigenvalue weighted by Crippen LogP contribution is -2.35. The minimum absolute atomic E-state index is 0.0440. The lowest BCUT2D eigenvalue weighted by Gasteiger charge is -2.17. The predicted molar refractivity (Wildman–Crippen MR) is 76.3 cm³/mol. The van der Waals surface area contributed by atoms with Gasteiger partial charge in [-0.3, -0.25) is 4.79 Å². The number of sulfonamides is 1. The van der Waals surface area contributed by atoms with E-state index in [1.807, 2.05) is 0 Å². The van der Waals surface area contributed by atoms with Crippen molar-refractivity contribution in [1.29, 1.82) is 0 Å². The summed E-state index contributed by atoms with van der Waals surface area (Å²) in [4.78, 5) is 10.7. The van der Waals surface area contributed by atoms with Crippen molar-refractivity contribution < 1.29 is 18.3 Å². The number of hydrogen-bond acceptors (Lipinski definition) is 4. The molecule has 0 saturated carbocycles. The van der Waals surface area contributed by atoms with Crippen molar-refractivity contribution in [1.82, 2.24) is 4.31 Å². The number of hydrogen-bond donors (Lipinski definition) is 1. The Labute approximate surface area is 125 Å². The molecule has 0 radical (unpaired) electrons. The lowest BCUT2D eigenvalue weighted by molar-refractivity contribution is -0.137. The Morgan fingerprint density at radius 2 is 2.17 bits per heavy atom. The molecule has 5 nitrogen and oxygen atoms in total. The fourth-order valence-corrected chi connectivity index (χ4v) is 6.30. The van der Waals surface area contributed by atoms with Gasteiger partial charge in [-0.1, -0.05) is 6.08 Å². The van der Waals surface area contributed by atoms with Crippen LogP contribution in [0.1, 0.15) is 0 Å². The van der Waals surface area contributed by atoms with Gasteiger partial charge in [0.15, 0.2) is 0 Å². The first-order chi connectivity index (χ1) is 8.28. The molecule has 0 unspecified atom stereocenters. The van der Waals surface area contributed by atoms with E-state index >= 15 is 0 Å². The summed E-state index contributed by atoms with van der Waals surface area (Å²) in [6.45, 7) is 2.76. The molecule has 0 fully saturated rings. The van der Waals surface area contributed by atoms with Gasteiger partial charge in [0.2, 0.25) is 10.0 Å². The minimum Gasteiger partial charge on any atom is -0.480 e. The SMILES string of the molecule is C=CCN(CC(=O)O)S(=O)(=O)c1cc(Br)sc1Br. The van der Waals surface area contributed by atoms with Gasteiger partial charge in [0.25, 0.3) is 0 Å². The molecule has 0 aliphatic rings. The zero-order valence-corrected chi connectivity index (χ0v) is 13.8. The molecular formula is C9H9Br2NO4S2. The highest BCUT2D eigenvalue weighted by Gasteiger charge is 2.29. The molecule has 1 N–H and O–H groups in total. The van der Waals surface area contributed by atoms with Crippen LogP contribution in [0, 0.1) is 0 Å². The van der Waals surface area contributed by atoms with Crippen molar-refractivity contribution in [3.05, 3.63) is 26.3 Å². The minimum atomic E-state index is -3.85.